The average Bonchev–Trinajstić information content (AvgIpc) is 2.02. The van der Waals surface area contributed by atoms with E-state index in [1.54, 1.807) is 0 Å². The Bertz CT molecular complexity index is 5180. The van der Waals surface area contributed by atoms with E-state index in [4.69, 9.17) is 14.4 Å². The van der Waals surface area contributed by atoms with Crippen molar-refractivity contribution in [2.24, 2.45) is 0 Å². The largest absolute Gasteiger partial charge is 0.455 e. The van der Waals surface area contributed by atoms with Crippen molar-refractivity contribution >= 4 is 43.7 Å². The van der Waals surface area contributed by atoms with Crippen LogP contribution in [0.15, 0.2) is 326 Å². The van der Waals surface area contributed by atoms with Crippen LogP contribution >= 0.6 is 0 Å². The summed E-state index contributed by atoms with van der Waals surface area (Å²) in [5, 5.41) is 4.64. The van der Waals surface area contributed by atoms with Gasteiger partial charge in [0, 0.05) is 49.5 Å². The van der Waals surface area contributed by atoms with Crippen LogP contribution in [0.3, 0.4) is 0 Å². The second-order valence-electron chi connectivity index (χ2n) is 22.1. The van der Waals surface area contributed by atoms with Gasteiger partial charge in [0.05, 0.1) is 22.4 Å². The van der Waals surface area contributed by atoms with Crippen LogP contribution in [0.25, 0.3) is 161 Å². The molecule has 4 nitrogen and oxygen atoms in total. The van der Waals surface area contributed by atoms with Crippen LogP contribution in [-0.2, 0) is 0 Å². The predicted molar refractivity (Wildman–Crippen MR) is 358 cm³/mol. The zero-order valence-electron chi connectivity index (χ0n) is 46.8. The number of hydrogen-bond donors (Lipinski definition) is 0. The summed E-state index contributed by atoms with van der Waals surface area (Å²) in [6, 6.07) is 115. The smallest absolute Gasteiger partial charge is 0.160 e. The zero-order chi connectivity index (χ0) is 56.9. The van der Waals surface area contributed by atoms with Gasteiger partial charge in [-0.1, -0.05) is 249 Å². The fraction of sp³-hybridized carbons (Fsp3) is 0. The Hall–Kier alpha value is -11.5. The second-order valence-corrected chi connectivity index (χ2v) is 22.1. The molecule has 3 heterocycles. The number of rotatable bonds is 11. The summed E-state index contributed by atoms with van der Waals surface area (Å²) in [6.07, 6.45) is 0. The molecule has 402 valence electrons. The van der Waals surface area contributed by atoms with E-state index >= 15 is 0 Å². The molecule has 0 N–H and O–H groups in total. The van der Waals surface area contributed by atoms with Crippen LogP contribution < -0.4 is 0 Å². The Balaban J connectivity index is 0.822. The summed E-state index contributed by atoms with van der Waals surface area (Å²) < 4.78 is 9.02. The zero-order valence-corrected chi connectivity index (χ0v) is 46.8. The van der Waals surface area contributed by atoms with E-state index in [1.165, 1.54) is 38.6 Å². The number of nitrogens with zero attached hydrogens (tertiary/aromatic N) is 3. The van der Waals surface area contributed by atoms with Gasteiger partial charge >= 0.3 is 0 Å². The summed E-state index contributed by atoms with van der Waals surface area (Å²) in [5.41, 5.74) is 25.5. The predicted octanol–water partition coefficient (Wildman–Crippen LogP) is 22.1. The summed E-state index contributed by atoms with van der Waals surface area (Å²) in [5.74, 6) is 0.643. The maximum atomic E-state index is 6.67. The third-order valence-electron chi connectivity index (χ3n) is 16.8. The molecule has 4 heteroatoms. The Morgan fingerprint density at radius 3 is 1.36 bits per heavy atom. The molecule has 0 atom stereocenters. The minimum absolute atomic E-state index is 0.643. The van der Waals surface area contributed by atoms with Gasteiger partial charge in [0.25, 0.3) is 0 Å². The van der Waals surface area contributed by atoms with Crippen molar-refractivity contribution in [2.75, 3.05) is 0 Å². The van der Waals surface area contributed by atoms with Crippen LogP contribution in [0.1, 0.15) is 0 Å². The average molecular weight is 1100 g/mol. The molecule has 13 aromatic carbocycles. The molecule has 0 fully saturated rings. The number of fused-ring (bicyclic) bond motifs is 6. The Kier molecular flexibility index (Phi) is 12.5. The highest BCUT2D eigenvalue weighted by Gasteiger charge is 2.19. The number of furan rings is 1. The minimum atomic E-state index is 0.643. The minimum Gasteiger partial charge on any atom is -0.455 e. The summed E-state index contributed by atoms with van der Waals surface area (Å²) in [6.45, 7) is 0. The Labute approximate surface area is 498 Å². The first kappa shape index (κ1) is 50.3. The van der Waals surface area contributed by atoms with Crippen LogP contribution in [0.5, 0.6) is 0 Å². The van der Waals surface area contributed by atoms with Crippen LogP contribution in [0.2, 0.25) is 0 Å². The van der Waals surface area contributed by atoms with Crippen LogP contribution in [0, 0.1) is 0 Å². The molecule has 0 aliphatic rings. The van der Waals surface area contributed by atoms with Gasteiger partial charge in [-0.25, -0.2) is 9.97 Å². The lowest BCUT2D eigenvalue weighted by Gasteiger charge is -2.14. The molecule has 0 spiro atoms. The van der Waals surface area contributed by atoms with Crippen molar-refractivity contribution in [2.45, 2.75) is 0 Å². The SMILES string of the molecule is c1ccc(-c2cccc(-c3cc(-c4ccc(-c5cc(-c6cccc(-c7cccc(-c8ccccc8-c8ccccc8)c7)c6)nc(-c6cccc(-n7c8ccccc8c8ccccc87)c6)n5)cc4)cc(-c4cccc5c4oc4ccccc45)c3)c2)cc1. The van der Waals surface area contributed by atoms with E-state index in [-0.39, 0.29) is 0 Å². The summed E-state index contributed by atoms with van der Waals surface area (Å²) >= 11 is 0. The molecule has 16 aromatic rings. The van der Waals surface area contributed by atoms with E-state index in [2.05, 4.69) is 320 Å². The lowest BCUT2D eigenvalue weighted by atomic mass is 9.91. The lowest BCUT2D eigenvalue weighted by Crippen LogP contribution is -1.98. The maximum absolute atomic E-state index is 6.67. The Morgan fingerprint density at radius 1 is 0.233 bits per heavy atom. The fourth-order valence-electron chi connectivity index (χ4n) is 12.6. The first-order chi connectivity index (χ1) is 42.6. The molecular weight excluding hydrogens is 1040 g/mol. The van der Waals surface area contributed by atoms with E-state index in [9.17, 15) is 0 Å². The third kappa shape index (κ3) is 9.23. The molecular formula is C82H53N3O. The van der Waals surface area contributed by atoms with Crippen molar-refractivity contribution < 1.29 is 4.42 Å². The molecule has 86 heavy (non-hydrogen) atoms. The lowest BCUT2D eigenvalue weighted by molar-refractivity contribution is 0.670. The van der Waals surface area contributed by atoms with Gasteiger partial charge in [-0.05, 0) is 145 Å². The van der Waals surface area contributed by atoms with Gasteiger partial charge < -0.3 is 8.98 Å². The third-order valence-corrected chi connectivity index (χ3v) is 16.8. The first-order valence-corrected chi connectivity index (χ1v) is 29.3. The number of benzene rings is 13. The van der Waals surface area contributed by atoms with Crippen molar-refractivity contribution in [3.05, 3.63) is 322 Å². The van der Waals surface area contributed by atoms with Gasteiger partial charge in [-0.15, -0.1) is 0 Å². The van der Waals surface area contributed by atoms with Gasteiger partial charge in [-0.3, -0.25) is 0 Å². The highest BCUT2D eigenvalue weighted by atomic mass is 16.3. The number of para-hydroxylation sites is 4. The standard InChI is InChI=1S/C82H53N3O/c1-3-20-54(21-4-1)58-24-15-27-61(46-58)66-49-65(50-67(51-66)71-37-19-38-75-74-36-11-14-41-80(74)86-81(71)75)55-42-44-57(45-43-55)76-53-77(84-82(83-76)64-30-18-31-68(52-64)85-78-39-12-9-34-72(78)73-35-10-13-40-79(73)85)63-29-17-26-60(48-63)59-25-16-28-62(47-59)70-33-8-7-32-69(70)56-22-5-2-6-23-56/h1-53H. The van der Waals surface area contributed by atoms with Crippen molar-refractivity contribution in [1.82, 2.24) is 14.5 Å². The molecule has 0 bridgehead atoms. The molecule has 0 unspecified atom stereocenters. The van der Waals surface area contributed by atoms with E-state index < -0.39 is 0 Å². The molecule has 0 saturated carbocycles. The fourth-order valence-corrected chi connectivity index (χ4v) is 12.6. The molecule has 16 rings (SSSR count). The molecule has 0 saturated heterocycles. The summed E-state index contributed by atoms with van der Waals surface area (Å²) in [4.78, 5) is 10.9. The molecule has 3 aromatic heterocycles. The first-order valence-electron chi connectivity index (χ1n) is 29.3. The highest BCUT2D eigenvalue weighted by molar-refractivity contribution is 6.11. The van der Waals surface area contributed by atoms with Crippen LogP contribution in [-0.4, -0.2) is 14.5 Å². The maximum Gasteiger partial charge on any atom is 0.160 e. The van der Waals surface area contributed by atoms with E-state index in [0.717, 1.165) is 117 Å². The van der Waals surface area contributed by atoms with Crippen LogP contribution in [0.4, 0.5) is 0 Å². The Morgan fingerprint density at radius 2 is 0.651 bits per heavy atom. The monoisotopic (exact) mass is 1100 g/mol. The second kappa shape index (κ2) is 21.4. The quantitative estimate of drug-likeness (QED) is 0.130. The van der Waals surface area contributed by atoms with Crippen molar-refractivity contribution in [1.29, 1.82) is 0 Å². The topological polar surface area (TPSA) is 43.9 Å². The van der Waals surface area contributed by atoms with E-state index in [1.807, 2.05) is 6.07 Å². The molecule has 0 radical (unpaired) electrons. The van der Waals surface area contributed by atoms with Crippen molar-refractivity contribution in [3.8, 4) is 117 Å². The van der Waals surface area contributed by atoms with Crippen molar-refractivity contribution in [3.63, 3.8) is 0 Å². The highest BCUT2D eigenvalue weighted by Crippen LogP contribution is 2.42. The summed E-state index contributed by atoms with van der Waals surface area (Å²) in [7, 11) is 0. The molecule has 0 aliphatic heterocycles. The normalized spacial score (nSPS) is 11.5. The van der Waals surface area contributed by atoms with Gasteiger partial charge in [-0.2, -0.15) is 0 Å². The number of aromatic nitrogens is 3. The van der Waals surface area contributed by atoms with Gasteiger partial charge in [0.1, 0.15) is 11.2 Å². The molecule has 0 amide bonds. The van der Waals surface area contributed by atoms with Gasteiger partial charge in [0.15, 0.2) is 5.82 Å². The van der Waals surface area contributed by atoms with Gasteiger partial charge in [0.2, 0.25) is 0 Å². The van der Waals surface area contributed by atoms with E-state index in [0.29, 0.717) is 5.82 Å². The number of hydrogen-bond acceptors (Lipinski definition) is 3. The molecule has 0 aliphatic carbocycles.